The molecule has 0 saturated heterocycles. The summed E-state index contributed by atoms with van der Waals surface area (Å²) in [5, 5.41) is 0. The van der Waals surface area contributed by atoms with Gasteiger partial charge < -0.3 is 10.3 Å². The van der Waals surface area contributed by atoms with Gasteiger partial charge in [0.25, 0.3) is 0 Å². The van der Waals surface area contributed by atoms with Crippen LogP contribution >= 0.6 is 0 Å². The summed E-state index contributed by atoms with van der Waals surface area (Å²) in [7, 11) is 0. The van der Waals surface area contributed by atoms with Crippen LogP contribution in [0.3, 0.4) is 0 Å². The number of rotatable bonds is 4. The first-order valence-electron chi connectivity index (χ1n) is 6.72. The number of nitrogens with two attached hydrogens (primary N) is 1. The second kappa shape index (κ2) is 5.72. The molecule has 3 heteroatoms. The van der Waals surface area contributed by atoms with Crippen LogP contribution in [0.5, 0.6) is 0 Å². The maximum absolute atomic E-state index is 5.81. The van der Waals surface area contributed by atoms with E-state index >= 15 is 0 Å². The molecule has 0 bridgehead atoms. The number of imidazole rings is 1. The van der Waals surface area contributed by atoms with Crippen LogP contribution in [0.1, 0.15) is 11.4 Å². The summed E-state index contributed by atoms with van der Waals surface area (Å²) in [6.07, 6.45) is 2.07. The van der Waals surface area contributed by atoms with Gasteiger partial charge in [-0.25, -0.2) is 4.98 Å². The Labute approximate surface area is 118 Å². The third kappa shape index (κ3) is 2.63. The fourth-order valence-electron chi connectivity index (χ4n) is 2.28. The molecule has 0 amide bonds. The summed E-state index contributed by atoms with van der Waals surface area (Å²) in [5.41, 5.74) is 9.16. The van der Waals surface area contributed by atoms with Crippen LogP contribution in [-0.4, -0.2) is 9.55 Å². The molecule has 0 unspecified atom stereocenters. The van der Waals surface area contributed by atoms with Crippen molar-refractivity contribution < 1.29 is 0 Å². The van der Waals surface area contributed by atoms with Gasteiger partial charge in [0.15, 0.2) is 0 Å². The van der Waals surface area contributed by atoms with E-state index < -0.39 is 0 Å². The van der Waals surface area contributed by atoms with Gasteiger partial charge in [-0.05, 0) is 5.56 Å². The highest BCUT2D eigenvalue weighted by molar-refractivity contribution is 5.58. The van der Waals surface area contributed by atoms with Crippen LogP contribution in [-0.2, 0) is 13.1 Å². The molecule has 0 fully saturated rings. The molecule has 1 aromatic heterocycles. The Balaban J connectivity index is 1.93. The molecule has 0 aliphatic carbocycles. The van der Waals surface area contributed by atoms with Gasteiger partial charge >= 0.3 is 0 Å². The van der Waals surface area contributed by atoms with E-state index in [1.54, 1.807) is 0 Å². The van der Waals surface area contributed by atoms with Crippen molar-refractivity contribution in [1.29, 1.82) is 0 Å². The van der Waals surface area contributed by atoms with Crippen molar-refractivity contribution in [3.05, 3.63) is 78.2 Å². The van der Waals surface area contributed by atoms with Gasteiger partial charge in [0, 0.05) is 18.3 Å². The van der Waals surface area contributed by atoms with Gasteiger partial charge in [0.05, 0.1) is 12.2 Å². The van der Waals surface area contributed by atoms with Gasteiger partial charge in [-0.3, -0.25) is 0 Å². The Bertz CT molecular complexity index is 672. The topological polar surface area (TPSA) is 43.8 Å². The largest absolute Gasteiger partial charge is 0.329 e. The zero-order chi connectivity index (χ0) is 13.8. The van der Waals surface area contributed by atoms with Gasteiger partial charge in [0.1, 0.15) is 5.82 Å². The van der Waals surface area contributed by atoms with E-state index in [4.69, 9.17) is 5.73 Å². The highest BCUT2D eigenvalue weighted by atomic mass is 15.1. The van der Waals surface area contributed by atoms with Crippen LogP contribution in [0.25, 0.3) is 11.3 Å². The predicted octanol–water partition coefficient (Wildman–Crippen LogP) is 3.06. The van der Waals surface area contributed by atoms with Gasteiger partial charge in [-0.15, -0.1) is 0 Å². The molecule has 0 radical (unpaired) electrons. The van der Waals surface area contributed by atoms with Crippen LogP contribution < -0.4 is 5.73 Å². The lowest BCUT2D eigenvalue weighted by Crippen LogP contribution is -2.08. The smallest absolute Gasteiger partial charge is 0.123 e. The minimum atomic E-state index is 0.444. The first-order valence-corrected chi connectivity index (χ1v) is 6.72. The summed E-state index contributed by atoms with van der Waals surface area (Å²) in [6.45, 7) is 1.24. The number of benzene rings is 2. The highest BCUT2D eigenvalue weighted by Crippen LogP contribution is 2.19. The van der Waals surface area contributed by atoms with E-state index in [1.807, 2.05) is 36.4 Å². The zero-order valence-corrected chi connectivity index (χ0v) is 11.2. The second-order valence-corrected chi connectivity index (χ2v) is 4.73. The van der Waals surface area contributed by atoms with Crippen LogP contribution in [0.15, 0.2) is 66.9 Å². The maximum atomic E-state index is 5.81. The van der Waals surface area contributed by atoms with Crippen molar-refractivity contribution in [3.63, 3.8) is 0 Å². The number of aromatic nitrogens is 2. The van der Waals surface area contributed by atoms with Gasteiger partial charge in [0.2, 0.25) is 0 Å². The highest BCUT2D eigenvalue weighted by Gasteiger charge is 2.08. The van der Waals surface area contributed by atoms with Crippen LogP contribution in [0.2, 0.25) is 0 Å². The number of hydrogen-bond donors (Lipinski definition) is 1. The summed E-state index contributed by atoms with van der Waals surface area (Å²) in [5.74, 6) is 0.910. The fraction of sp³-hybridized carbons (Fsp3) is 0.118. The lowest BCUT2D eigenvalue weighted by atomic mass is 10.2. The Morgan fingerprint density at radius 3 is 2.20 bits per heavy atom. The molecule has 0 saturated carbocycles. The molecule has 1 heterocycles. The van der Waals surface area contributed by atoms with Gasteiger partial charge in [-0.2, -0.15) is 0 Å². The lowest BCUT2D eigenvalue weighted by molar-refractivity contribution is 0.724. The Kier molecular flexibility index (Phi) is 3.61. The van der Waals surface area contributed by atoms with E-state index in [-0.39, 0.29) is 0 Å². The molecule has 0 atom stereocenters. The van der Waals surface area contributed by atoms with Crippen molar-refractivity contribution in [2.75, 3.05) is 0 Å². The second-order valence-electron chi connectivity index (χ2n) is 4.73. The molecular formula is C17H17N3. The monoisotopic (exact) mass is 263 g/mol. The average Bonchev–Trinajstić information content (AvgIpc) is 2.92. The molecule has 3 rings (SSSR count). The molecule has 100 valence electrons. The standard InChI is InChI=1S/C17H17N3/c18-11-17-19-16(15-9-5-2-6-10-15)13-20(17)12-14-7-3-1-4-8-14/h1-10,13H,11-12,18H2. The molecule has 20 heavy (non-hydrogen) atoms. The van der Waals surface area contributed by atoms with Crippen molar-refractivity contribution in [3.8, 4) is 11.3 Å². The number of hydrogen-bond acceptors (Lipinski definition) is 2. The zero-order valence-electron chi connectivity index (χ0n) is 11.2. The molecule has 3 nitrogen and oxygen atoms in total. The normalized spacial score (nSPS) is 10.7. The summed E-state index contributed by atoms with van der Waals surface area (Å²) >= 11 is 0. The quantitative estimate of drug-likeness (QED) is 0.786. The predicted molar refractivity (Wildman–Crippen MR) is 81.1 cm³/mol. The van der Waals surface area contributed by atoms with Crippen molar-refractivity contribution in [2.24, 2.45) is 5.73 Å². The number of nitrogens with zero attached hydrogens (tertiary/aromatic N) is 2. The van der Waals surface area contributed by atoms with E-state index in [2.05, 4.69) is 40.0 Å². The fourth-order valence-corrected chi connectivity index (χ4v) is 2.28. The Hall–Kier alpha value is -2.39. The van der Waals surface area contributed by atoms with E-state index in [0.29, 0.717) is 6.54 Å². The van der Waals surface area contributed by atoms with Crippen LogP contribution in [0, 0.1) is 0 Å². The third-order valence-corrected chi connectivity index (χ3v) is 3.31. The molecule has 3 aromatic rings. The lowest BCUT2D eigenvalue weighted by Gasteiger charge is -2.05. The minimum Gasteiger partial charge on any atom is -0.329 e. The SMILES string of the molecule is NCc1nc(-c2ccccc2)cn1Cc1ccccc1. The Morgan fingerprint density at radius 1 is 0.900 bits per heavy atom. The molecule has 0 spiro atoms. The summed E-state index contributed by atoms with van der Waals surface area (Å²) < 4.78 is 2.12. The molecule has 2 aromatic carbocycles. The van der Waals surface area contributed by atoms with Crippen LogP contribution in [0.4, 0.5) is 0 Å². The maximum Gasteiger partial charge on any atom is 0.123 e. The molecule has 0 aliphatic rings. The first-order chi connectivity index (χ1) is 9.86. The molecular weight excluding hydrogens is 246 g/mol. The summed E-state index contributed by atoms with van der Waals surface area (Å²) in [4.78, 5) is 4.63. The molecule has 2 N–H and O–H groups in total. The Morgan fingerprint density at radius 2 is 1.55 bits per heavy atom. The summed E-state index contributed by atoms with van der Waals surface area (Å²) in [6, 6.07) is 20.5. The van der Waals surface area contributed by atoms with Gasteiger partial charge in [-0.1, -0.05) is 60.7 Å². The minimum absolute atomic E-state index is 0.444. The van der Waals surface area contributed by atoms with E-state index in [0.717, 1.165) is 23.6 Å². The average molecular weight is 263 g/mol. The molecule has 0 aliphatic heterocycles. The van der Waals surface area contributed by atoms with Crippen molar-refractivity contribution in [2.45, 2.75) is 13.1 Å². The first kappa shape index (κ1) is 12.6. The third-order valence-electron chi connectivity index (χ3n) is 3.31. The van der Waals surface area contributed by atoms with Crippen molar-refractivity contribution >= 4 is 0 Å². The van der Waals surface area contributed by atoms with E-state index in [1.165, 1.54) is 5.56 Å². The van der Waals surface area contributed by atoms with E-state index in [9.17, 15) is 0 Å². The van der Waals surface area contributed by atoms with Crippen molar-refractivity contribution in [1.82, 2.24) is 9.55 Å².